The van der Waals surface area contributed by atoms with Crippen molar-refractivity contribution in [3.63, 3.8) is 0 Å². The second-order valence-corrected chi connectivity index (χ2v) is 5.90. The molecule has 1 aliphatic heterocycles. The molecule has 1 aliphatic rings. The first-order chi connectivity index (χ1) is 12.8. The van der Waals surface area contributed by atoms with Gasteiger partial charge in [0.15, 0.2) is 0 Å². The SMILES string of the molecule is O=C(Nc1ccc(C(F)(F)F)cc1)c1cncc(C(=O)N2CCOCC2)c1. The highest BCUT2D eigenvalue weighted by Gasteiger charge is 2.30. The Labute approximate surface area is 152 Å². The van der Waals surface area contributed by atoms with Gasteiger partial charge in [-0.1, -0.05) is 0 Å². The number of hydrogen-bond donors (Lipinski definition) is 1. The number of benzene rings is 1. The van der Waals surface area contributed by atoms with Gasteiger partial charge in [0.2, 0.25) is 0 Å². The smallest absolute Gasteiger partial charge is 0.378 e. The molecule has 0 atom stereocenters. The quantitative estimate of drug-likeness (QED) is 0.890. The fourth-order valence-electron chi connectivity index (χ4n) is 2.58. The predicted molar refractivity (Wildman–Crippen MR) is 90.4 cm³/mol. The summed E-state index contributed by atoms with van der Waals surface area (Å²) in [6.07, 6.45) is -1.79. The fraction of sp³-hybridized carbons (Fsp3) is 0.278. The van der Waals surface area contributed by atoms with E-state index in [1.807, 2.05) is 0 Å². The average molecular weight is 379 g/mol. The van der Waals surface area contributed by atoms with Crippen LogP contribution in [0.1, 0.15) is 26.3 Å². The van der Waals surface area contributed by atoms with Gasteiger partial charge in [-0.15, -0.1) is 0 Å². The zero-order valence-corrected chi connectivity index (χ0v) is 14.1. The highest BCUT2D eigenvalue weighted by Crippen LogP contribution is 2.29. The predicted octanol–water partition coefficient (Wildman–Crippen LogP) is 2.83. The van der Waals surface area contributed by atoms with Gasteiger partial charge in [-0.3, -0.25) is 14.6 Å². The molecule has 0 unspecified atom stereocenters. The van der Waals surface area contributed by atoms with Crippen molar-refractivity contribution < 1.29 is 27.5 Å². The Bertz CT molecular complexity index is 832. The number of nitrogens with one attached hydrogen (secondary N) is 1. The summed E-state index contributed by atoms with van der Waals surface area (Å²) >= 11 is 0. The van der Waals surface area contributed by atoms with Crippen molar-refractivity contribution in [3.05, 3.63) is 59.4 Å². The zero-order valence-electron chi connectivity index (χ0n) is 14.1. The van der Waals surface area contributed by atoms with Gasteiger partial charge >= 0.3 is 6.18 Å². The second-order valence-electron chi connectivity index (χ2n) is 5.90. The molecule has 0 aliphatic carbocycles. The van der Waals surface area contributed by atoms with E-state index in [9.17, 15) is 22.8 Å². The van der Waals surface area contributed by atoms with Crippen molar-refractivity contribution in [1.82, 2.24) is 9.88 Å². The first kappa shape index (κ1) is 18.8. The van der Waals surface area contributed by atoms with Crippen molar-refractivity contribution in [3.8, 4) is 0 Å². The number of nitrogens with zero attached hydrogens (tertiary/aromatic N) is 2. The largest absolute Gasteiger partial charge is 0.416 e. The number of halogens is 3. The number of alkyl halides is 3. The van der Waals surface area contributed by atoms with Crippen LogP contribution in [0.3, 0.4) is 0 Å². The molecule has 0 bridgehead atoms. The molecule has 2 aromatic rings. The summed E-state index contributed by atoms with van der Waals surface area (Å²) in [4.78, 5) is 30.3. The van der Waals surface area contributed by atoms with Crippen molar-refractivity contribution >= 4 is 17.5 Å². The van der Waals surface area contributed by atoms with Crippen molar-refractivity contribution in [2.75, 3.05) is 31.6 Å². The lowest BCUT2D eigenvalue weighted by Crippen LogP contribution is -2.40. The third-order valence-corrected chi connectivity index (χ3v) is 4.02. The number of pyridine rings is 1. The van der Waals surface area contributed by atoms with Gasteiger partial charge in [0.25, 0.3) is 11.8 Å². The van der Waals surface area contributed by atoms with Crippen LogP contribution < -0.4 is 5.32 Å². The highest BCUT2D eigenvalue weighted by atomic mass is 19.4. The van der Waals surface area contributed by atoms with Gasteiger partial charge in [0.1, 0.15) is 0 Å². The number of ether oxygens (including phenoxy) is 1. The third-order valence-electron chi connectivity index (χ3n) is 4.02. The van der Waals surface area contributed by atoms with Crippen LogP contribution in [0.15, 0.2) is 42.7 Å². The molecule has 1 aromatic heterocycles. The molecule has 3 rings (SSSR count). The Kier molecular flexibility index (Phi) is 5.41. The number of rotatable bonds is 3. The van der Waals surface area contributed by atoms with Crippen LogP contribution in [0.25, 0.3) is 0 Å². The van der Waals surface area contributed by atoms with Crippen molar-refractivity contribution in [2.24, 2.45) is 0 Å². The Balaban J connectivity index is 1.70. The maximum Gasteiger partial charge on any atom is 0.416 e. The molecule has 27 heavy (non-hydrogen) atoms. The van der Waals surface area contributed by atoms with Gasteiger partial charge in [-0.2, -0.15) is 13.2 Å². The van der Waals surface area contributed by atoms with E-state index < -0.39 is 17.6 Å². The van der Waals surface area contributed by atoms with Gasteiger partial charge in [0, 0.05) is 31.2 Å². The van der Waals surface area contributed by atoms with E-state index in [0.717, 1.165) is 24.3 Å². The summed E-state index contributed by atoms with van der Waals surface area (Å²) in [5.41, 5.74) is -0.204. The first-order valence-corrected chi connectivity index (χ1v) is 8.15. The number of aromatic nitrogens is 1. The highest BCUT2D eigenvalue weighted by molar-refractivity contribution is 6.05. The van der Waals surface area contributed by atoms with Gasteiger partial charge in [-0.05, 0) is 30.3 Å². The fourth-order valence-corrected chi connectivity index (χ4v) is 2.58. The molecule has 2 amide bonds. The van der Waals surface area contributed by atoms with Crippen LogP contribution in [-0.4, -0.2) is 48.0 Å². The Morgan fingerprint density at radius 2 is 1.67 bits per heavy atom. The molecule has 0 saturated carbocycles. The molecular weight excluding hydrogens is 363 g/mol. The van der Waals surface area contributed by atoms with Crippen LogP contribution >= 0.6 is 0 Å². The molecular formula is C18H16F3N3O3. The van der Waals surface area contributed by atoms with E-state index in [2.05, 4.69) is 10.3 Å². The second kappa shape index (κ2) is 7.75. The normalized spacial score (nSPS) is 14.7. The van der Waals surface area contributed by atoms with E-state index in [0.29, 0.717) is 26.3 Å². The number of hydrogen-bond acceptors (Lipinski definition) is 4. The molecule has 2 heterocycles. The van der Waals surface area contributed by atoms with Gasteiger partial charge in [0.05, 0.1) is 29.9 Å². The van der Waals surface area contributed by atoms with E-state index >= 15 is 0 Å². The van der Waals surface area contributed by atoms with Gasteiger partial charge in [-0.25, -0.2) is 0 Å². The summed E-state index contributed by atoms with van der Waals surface area (Å²) in [6.45, 7) is 1.82. The van der Waals surface area contributed by atoms with E-state index in [-0.39, 0.29) is 22.7 Å². The van der Waals surface area contributed by atoms with Crippen molar-refractivity contribution in [1.29, 1.82) is 0 Å². The number of morpholine rings is 1. The maximum atomic E-state index is 12.6. The third kappa shape index (κ3) is 4.62. The van der Waals surface area contributed by atoms with E-state index in [4.69, 9.17) is 4.74 Å². The number of carbonyl (C=O) groups excluding carboxylic acids is 2. The molecule has 1 N–H and O–H groups in total. The minimum absolute atomic E-state index is 0.133. The molecule has 142 valence electrons. The number of carbonyl (C=O) groups is 2. The monoisotopic (exact) mass is 379 g/mol. The first-order valence-electron chi connectivity index (χ1n) is 8.15. The average Bonchev–Trinajstić information content (AvgIpc) is 2.68. The summed E-state index contributed by atoms with van der Waals surface area (Å²) < 4.78 is 42.9. The Morgan fingerprint density at radius 1 is 1.04 bits per heavy atom. The molecule has 0 spiro atoms. The summed E-state index contributed by atoms with van der Waals surface area (Å²) in [5, 5.41) is 2.49. The van der Waals surface area contributed by atoms with E-state index in [1.165, 1.54) is 18.5 Å². The van der Waals surface area contributed by atoms with Crippen LogP contribution in [-0.2, 0) is 10.9 Å². The van der Waals surface area contributed by atoms with Crippen LogP contribution in [0.4, 0.5) is 18.9 Å². The van der Waals surface area contributed by atoms with Crippen LogP contribution in [0.5, 0.6) is 0 Å². The molecule has 0 radical (unpaired) electrons. The standard InChI is InChI=1S/C18H16F3N3O3/c19-18(20,21)14-1-3-15(4-2-14)23-16(25)12-9-13(11-22-10-12)17(26)24-5-7-27-8-6-24/h1-4,9-11H,5-8H2,(H,23,25). The lowest BCUT2D eigenvalue weighted by molar-refractivity contribution is -0.137. The summed E-state index contributed by atoms with van der Waals surface area (Å²) in [5.74, 6) is -0.825. The molecule has 9 heteroatoms. The van der Waals surface area contributed by atoms with Crippen LogP contribution in [0, 0.1) is 0 Å². The van der Waals surface area contributed by atoms with Gasteiger partial charge < -0.3 is 15.0 Å². The Hall–Kier alpha value is -2.94. The summed E-state index contributed by atoms with van der Waals surface area (Å²) in [6, 6.07) is 5.50. The molecule has 1 saturated heterocycles. The number of amides is 2. The summed E-state index contributed by atoms with van der Waals surface area (Å²) in [7, 11) is 0. The lowest BCUT2D eigenvalue weighted by atomic mass is 10.1. The maximum absolute atomic E-state index is 12.6. The topological polar surface area (TPSA) is 71.5 Å². The molecule has 1 aromatic carbocycles. The molecule has 6 nitrogen and oxygen atoms in total. The number of anilines is 1. The minimum Gasteiger partial charge on any atom is -0.378 e. The minimum atomic E-state index is -4.44. The van der Waals surface area contributed by atoms with E-state index in [1.54, 1.807) is 4.90 Å². The van der Waals surface area contributed by atoms with Crippen LogP contribution in [0.2, 0.25) is 0 Å². The molecule has 1 fully saturated rings. The lowest BCUT2D eigenvalue weighted by Gasteiger charge is -2.26. The van der Waals surface area contributed by atoms with Crippen molar-refractivity contribution in [2.45, 2.75) is 6.18 Å². The zero-order chi connectivity index (χ0) is 19.4. The Morgan fingerprint density at radius 3 is 2.30 bits per heavy atom.